The normalized spacial score (nSPS) is 18.3. The molecule has 1 unspecified atom stereocenters. The van der Waals surface area contributed by atoms with Crippen LogP contribution in [0.1, 0.15) is 55.1 Å². The van der Waals surface area contributed by atoms with Crippen LogP contribution < -0.4 is 10.9 Å². The maximum atomic E-state index is 12.6. The number of amides is 1. The van der Waals surface area contributed by atoms with Crippen molar-refractivity contribution in [3.05, 3.63) is 28.0 Å². The number of hydrogen-bond acceptors (Lipinski definition) is 5. The first-order valence-electron chi connectivity index (χ1n) is 9.50. The maximum Gasteiger partial charge on any atom is 0.265 e. The lowest BCUT2D eigenvalue weighted by atomic mass is 10.00. The van der Waals surface area contributed by atoms with Crippen LogP contribution in [-0.4, -0.2) is 46.0 Å². The van der Waals surface area contributed by atoms with Gasteiger partial charge in [-0.25, -0.2) is 4.98 Å². The highest BCUT2D eigenvalue weighted by Crippen LogP contribution is 2.21. The second-order valence-electron chi connectivity index (χ2n) is 7.08. The highest BCUT2D eigenvalue weighted by atomic mass is 16.3. The molecule has 7 heteroatoms. The van der Waals surface area contributed by atoms with Crippen LogP contribution in [0.3, 0.4) is 0 Å². The van der Waals surface area contributed by atoms with Gasteiger partial charge in [0.1, 0.15) is 17.5 Å². The molecule has 2 aromatic heterocycles. The molecule has 1 saturated heterocycles. The summed E-state index contributed by atoms with van der Waals surface area (Å²) in [7, 11) is 1.61. The lowest BCUT2D eigenvalue weighted by molar-refractivity contribution is 0.0947. The van der Waals surface area contributed by atoms with Gasteiger partial charge in [0.2, 0.25) is 5.71 Å². The topological polar surface area (TPSA) is 80.4 Å². The van der Waals surface area contributed by atoms with Gasteiger partial charge in [-0.15, -0.1) is 0 Å². The summed E-state index contributed by atoms with van der Waals surface area (Å²) in [6.45, 7) is 6.66. The minimum atomic E-state index is -0.267. The Hall–Kier alpha value is -2.15. The number of likely N-dealkylation sites (tertiary alicyclic amines) is 1. The number of nitrogens with one attached hydrogen (secondary N) is 1. The molecule has 1 amide bonds. The van der Waals surface area contributed by atoms with Gasteiger partial charge in [-0.2, -0.15) is 0 Å². The summed E-state index contributed by atoms with van der Waals surface area (Å²) >= 11 is 0. The second kappa shape index (κ2) is 8.03. The average molecular weight is 360 g/mol. The molecule has 1 aliphatic rings. The highest BCUT2D eigenvalue weighted by molar-refractivity contribution is 6.06. The Labute approximate surface area is 153 Å². The van der Waals surface area contributed by atoms with E-state index in [1.54, 1.807) is 14.0 Å². The second-order valence-corrected chi connectivity index (χ2v) is 7.08. The monoisotopic (exact) mass is 360 g/mol. The third-order valence-electron chi connectivity index (χ3n) is 5.30. The van der Waals surface area contributed by atoms with Gasteiger partial charge in [0, 0.05) is 26.2 Å². The number of nitrogens with zero attached hydrogens (tertiary/aromatic N) is 3. The molecule has 1 atom stereocenters. The number of fused-ring (bicyclic) bond motifs is 1. The van der Waals surface area contributed by atoms with Crippen LogP contribution in [0.15, 0.2) is 15.5 Å². The van der Waals surface area contributed by atoms with Crippen LogP contribution in [0.5, 0.6) is 0 Å². The molecule has 7 nitrogen and oxygen atoms in total. The summed E-state index contributed by atoms with van der Waals surface area (Å²) in [5, 5.41) is 3.19. The van der Waals surface area contributed by atoms with E-state index in [1.807, 2.05) is 0 Å². The highest BCUT2D eigenvalue weighted by Gasteiger charge is 2.23. The van der Waals surface area contributed by atoms with Crippen molar-refractivity contribution < 1.29 is 9.21 Å². The van der Waals surface area contributed by atoms with E-state index < -0.39 is 0 Å². The van der Waals surface area contributed by atoms with Gasteiger partial charge in [-0.05, 0) is 39.2 Å². The van der Waals surface area contributed by atoms with Gasteiger partial charge >= 0.3 is 0 Å². The quantitative estimate of drug-likeness (QED) is 0.799. The minimum absolute atomic E-state index is 0.217. The van der Waals surface area contributed by atoms with Gasteiger partial charge in [0.05, 0.1) is 5.56 Å². The van der Waals surface area contributed by atoms with Crippen LogP contribution in [-0.2, 0) is 7.05 Å². The average Bonchev–Trinajstić information content (AvgIpc) is 2.99. The molecule has 26 heavy (non-hydrogen) atoms. The van der Waals surface area contributed by atoms with Crippen LogP contribution in [0.4, 0.5) is 0 Å². The van der Waals surface area contributed by atoms with E-state index in [2.05, 4.69) is 22.1 Å². The largest absolute Gasteiger partial charge is 0.442 e. The lowest BCUT2D eigenvalue weighted by Gasteiger charge is -2.35. The zero-order chi connectivity index (χ0) is 18.7. The van der Waals surface area contributed by atoms with E-state index in [9.17, 15) is 9.59 Å². The Morgan fingerprint density at radius 2 is 2.23 bits per heavy atom. The first-order valence-corrected chi connectivity index (χ1v) is 9.50. The summed E-state index contributed by atoms with van der Waals surface area (Å²) in [5.41, 5.74) is 0.254. The van der Waals surface area contributed by atoms with E-state index in [0.717, 1.165) is 19.5 Å². The Morgan fingerprint density at radius 3 is 3.00 bits per heavy atom. The maximum absolute atomic E-state index is 12.6. The van der Waals surface area contributed by atoms with E-state index in [-0.39, 0.29) is 22.6 Å². The standard InChI is InChI=1S/C19H28N4O3/c1-4-14-8-5-6-10-23(14)11-7-9-20-17(24)15-13(2)26-18-16(15)19(25)22(3)12-21-18/h12,14H,4-11H2,1-3H3,(H,20,24). The number of hydrogen-bond donors (Lipinski definition) is 1. The van der Waals surface area contributed by atoms with Crippen molar-refractivity contribution in [3.63, 3.8) is 0 Å². The van der Waals surface area contributed by atoms with Crippen molar-refractivity contribution in [2.24, 2.45) is 7.05 Å². The van der Waals surface area contributed by atoms with Gasteiger partial charge in [-0.3, -0.25) is 9.59 Å². The zero-order valence-electron chi connectivity index (χ0n) is 15.9. The molecule has 0 saturated carbocycles. The van der Waals surface area contributed by atoms with Gasteiger partial charge in [0.25, 0.3) is 11.5 Å². The molecular formula is C19H28N4O3. The number of piperidine rings is 1. The summed E-state index contributed by atoms with van der Waals surface area (Å²) in [4.78, 5) is 31.6. The molecule has 0 aliphatic carbocycles. The van der Waals surface area contributed by atoms with Crippen molar-refractivity contribution in [1.29, 1.82) is 0 Å². The van der Waals surface area contributed by atoms with Gasteiger partial charge in [-0.1, -0.05) is 13.3 Å². The smallest absolute Gasteiger partial charge is 0.265 e. The fourth-order valence-corrected chi connectivity index (χ4v) is 3.85. The van der Waals surface area contributed by atoms with Crippen molar-refractivity contribution in [2.45, 2.75) is 52.0 Å². The molecule has 2 aromatic rings. The summed E-state index contributed by atoms with van der Waals surface area (Å²) < 4.78 is 6.85. The first-order chi connectivity index (χ1) is 12.5. The SMILES string of the molecule is CCC1CCCCN1CCCNC(=O)c1c(C)oc2ncn(C)c(=O)c12. The van der Waals surface area contributed by atoms with Gasteiger partial charge in [0.15, 0.2) is 0 Å². The van der Waals surface area contributed by atoms with Gasteiger partial charge < -0.3 is 19.2 Å². The van der Waals surface area contributed by atoms with E-state index in [4.69, 9.17) is 4.42 Å². The Bertz CT molecular complexity index is 839. The Morgan fingerprint density at radius 1 is 1.42 bits per heavy atom. The molecule has 0 spiro atoms. The number of rotatable bonds is 6. The summed E-state index contributed by atoms with van der Waals surface area (Å²) in [5.74, 6) is 0.160. The van der Waals surface area contributed by atoms with Crippen molar-refractivity contribution in [2.75, 3.05) is 19.6 Å². The zero-order valence-corrected chi connectivity index (χ0v) is 15.9. The molecule has 0 radical (unpaired) electrons. The number of carbonyl (C=O) groups excluding carboxylic acids is 1. The number of furan rings is 1. The van der Waals surface area contributed by atoms with E-state index in [0.29, 0.717) is 23.9 Å². The molecule has 0 aromatic carbocycles. The first kappa shape index (κ1) is 18.6. The molecule has 1 fully saturated rings. The Balaban J connectivity index is 1.62. The third-order valence-corrected chi connectivity index (χ3v) is 5.30. The number of carbonyl (C=O) groups is 1. The number of aromatic nitrogens is 2. The van der Waals surface area contributed by atoms with Crippen LogP contribution >= 0.6 is 0 Å². The van der Waals surface area contributed by atoms with E-state index in [1.165, 1.54) is 36.6 Å². The van der Waals surface area contributed by atoms with Crippen LogP contribution in [0.2, 0.25) is 0 Å². The molecular weight excluding hydrogens is 332 g/mol. The fraction of sp³-hybridized carbons (Fsp3) is 0.632. The summed E-state index contributed by atoms with van der Waals surface area (Å²) in [6.07, 6.45) is 7.34. The molecule has 0 bridgehead atoms. The Kier molecular flexibility index (Phi) is 5.76. The summed E-state index contributed by atoms with van der Waals surface area (Å²) in [6, 6.07) is 0.675. The van der Waals surface area contributed by atoms with Crippen molar-refractivity contribution in [3.8, 4) is 0 Å². The minimum Gasteiger partial charge on any atom is -0.442 e. The fourth-order valence-electron chi connectivity index (χ4n) is 3.85. The molecule has 1 N–H and O–H groups in total. The number of aryl methyl sites for hydroxylation is 2. The third kappa shape index (κ3) is 3.67. The van der Waals surface area contributed by atoms with Crippen molar-refractivity contribution in [1.82, 2.24) is 19.8 Å². The van der Waals surface area contributed by atoms with Crippen molar-refractivity contribution >= 4 is 17.0 Å². The van der Waals surface area contributed by atoms with Crippen LogP contribution in [0.25, 0.3) is 11.1 Å². The molecule has 3 rings (SSSR count). The predicted octanol–water partition coefficient (Wildman–Crippen LogP) is 2.22. The molecule has 142 valence electrons. The molecule has 1 aliphatic heterocycles. The predicted molar refractivity (Wildman–Crippen MR) is 100 cm³/mol. The molecule has 3 heterocycles. The lowest BCUT2D eigenvalue weighted by Crippen LogP contribution is -2.40. The van der Waals surface area contributed by atoms with Crippen LogP contribution in [0, 0.1) is 6.92 Å². The van der Waals surface area contributed by atoms with E-state index >= 15 is 0 Å².